The molecule has 16 heavy (non-hydrogen) atoms. The van der Waals surface area contributed by atoms with Crippen LogP contribution in [0.15, 0.2) is 24.3 Å². The Morgan fingerprint density at radius 1 is 1.44 bits per heavy atom. The zero-order valence-corrected chi connectivity index (χ0v) is 10.5. The van der Waals surface area contributed by atoms with Crippen molar-refractivity contribution in [2.75, 3.05) is 23.9 Å². The molecule has 1 aromatic rings. The maximum Gasteiger partial charge on any atom is 0.225 e. The number of para-hydroxylation sites is 2. The molecule has 1 N–H and O–H groups in total. The van der Waals surface area contributed by atoms with E-state index in [2.05, 4.69) is 5.32 Å². The molecule has 1 amide bonds. The van der Waals surface area contributed by atoms with Crippen LogP contribution in [0.5, 0.6) is 5.75 Å². The molecule has 4 heteroatoms. The molecule has 0 saturated carbocycles. The minimum Gasteiger partial charge on any atom is -0.492 e. The molecule has 1 rings (SSSR count). The molecule has 1 aromatic carbocycles. The largest absolute Gasteiger partial charge is 0.492 e. The van der Waals surface area contributed by atoms with E-state index < -0.39 is 0 Å². The molecule has 0 aliphatic carbocycles. The van der Waals surface area contributed by atoms with Gasteiger partial charge in [0.15, 0.2) is 0 Å². The Labute approximate surface area is 101 Å². The van der Waals surface area contributed by atoms with Gasteiger partial charge in [0.05, 0.1) is 12.3 Å². The van der Waals surface area contributed by atoms with Gasteiger partial charge in [0.2, 0.25) is 5.91 Å². The summed E-state index contributed by atoms with van der Waals surface area (Å²) in [4.78, 5) is 11.5. The molecule has 0 saturated heterocycles. The smallest absolute Gasteiger partial charge is 0.225 e. The summed E-state index contributed by atoms with van der Waals surface area (Å²) < 4.78 is 5.42. The van der Waals surface area contributed by atoms with Crippen LogP contribution in [0.1, 0.15) is 13.3 Å². The van der Waals surface area contributed by atoms with E-state index in [4.69, 9.17) is 4.74 Å². The van der Waals surface area contributed by atoms with Crippen molar-refractivity contribution in [1.29, 1.82) is 0 Å². The number of benzene rings is 1. The molecule has 0 unspecified atom stereocenters. The Kier molecular flexibility index (Phi) is 5.78. The lowest BCUT2D eigenvalue weighted by Crippen LogP contribution is -2.13. The number of nitrogens with one attached hydrogen (secondary N) is 1. The van der Waals surface area contributed by atoms with Gasteiger partial charge < -0.3 is 10.1 Å². The summed E-state index contributed by atoms with van der Waals surface area (Å²) in [5, 5.41) is 2.85. The van der Waals surface area contributed by atoms with Gasteiger partial charge in [0.1, 0.15) is 5.75 Å². The highest BCUT2D eigenvalue weighted by Crippen LogP contribution is 2.23. The number of carbonyl (C=O) groups excluding carboxylic acids is 1. The van der Waals surface area contributed by atoms with Crippen molar-refractivity contribution < 1.29 is 9.53 Å². The number of amides is 1. The minimum atomic E-state index is 0.0292. The monoisotopic (exact) mass is 239 g/mol. The quantitative estimate of drug-likeness (QED) is 0.829. The van der Waals surface area contributed by atoms with Crippen LogP contribution in [0.2, 0.25) is 0 Å². The Morgan fingerprint density at radius 3 is 2.88 bits per heavy atom. The van der Waals surface area contributed by atoms with Crippen LogP contribution in [-0.2, 0) is 4.79 Å². The Balaban J connectivity index is 2.61. The highest BCUT2D eigenvalue weighted by atomic mass is 32.2. The lowest BCUT2D eigenvalue weighted by molar-refractivity contribution is -0.115. The average Bonchev–Trinajstić information content (AvgIpc) is 2.29. The molecule has 3 nitrogen and oxygen atoms in total. The molecule has 0 bridgehead atoms. The van der Waals surface area contributed by atoms with Crippen LogP contribution in [0, 0.1) is 0 Å². The molecule has 0 aromatic heterocycles. The van der Waals surface area contributed by atoms with Crippen LogP contribution >= 0.6 is 11.8 Å². The second kappa shape index (κ2) is 7.17. The van der Waals surface area contributed by atoms with Gasteiger partial charge in [-0.1, -0.05) is 12.1 Å². The van der Waals surface area contributed by atoms with E-state index in [0.29, 0.717) is 13.0 Å². The molecular weight excluding hydrogens is 222 g/mol. The van der Waals surface area contributed by atoms with Crippen molar-refractivity contribution in [2.45, 2.75) is 13.3 Å². The number of hydrogen-bond donors (Lipinski definition) is 1. The highest BCUT2D eigenvalue weighted by Gasteiger charge is 2.06. The highest BCUT2D eigenvalue weighted by molar-refractivity contribution is 7.98. The second-order valence-corrected chi connectivity index (χ2v) is 4.21. The molecule has 0 spiro atoms. The van der Waals surface area contributed by atoms with Crippen LogP contribution < -0.4 is 10.1 Å². The van der Waals surface area contributed by atoms with Crippen LogP contribution in [-0.4, -0.2) is 24.5 Å². The maximum absolute atomic E-state index is 11.5. The van der Waals surface area contributed by atoms with Gasteiger partial charge in [-0.2, -0.15) is 11.8 Å². The summed E-state index contributed by atoms with van der Waals surface area (Å²) in [6.07, 6.45) is 2.52. The SMILES string of the molecule is CCOc1ccccc1NC(=O)CCSC. The topological polar surface area (TPSA) is 38.3 Å². The van der Waals surface area contributed by atoms with E-state index >= 15 is 0 Å². The maximum atomic E-state index is 11.5. The number of rotatable bonds is 6. The first-order chi connectivity index (χ1) is 7.77. The summed E-state index contributed by atoms with van der Waals surface area (Å²) in [7, 11) is 0. The number of hydrogen-bond acceptors (Lipinski definition) is 3. The van der Waals surface area contributed by atoms with Crippen LogP contribution in [0.3, 0.4) is 0 Å². The third-order valence-corrected chi connectivity index (χ3v) is 2.61. The molecular formula is C12H17NO2S. The lowest BCUT2D eigenvalue weighted by Gasteiger charge is -2.10. The third-order valence-electron chi connectivity index (χ3n) is 1.99. The summed E-state index contributed by atoms with van der Waals surface area (Å²) in [6.45, 7) is 2.52. The van der Waals surface area contributed by atoms with Crippen LogP contribution in [0.25, 0.3) is 0 Å². The molecule has 0 aliphatic heterocycles. The van der Waals surface area contributed by atoms with E-state index in [9.17, 15) is 4.79 Å². The number of carbonyl (C=O) groups is 1. The molecule has 0 fully saturated rings. The molecule has 0 atom stereocenters. The fourth-order valence-electron chi connectivity index (χ4n) is 1.26. The summed E-state index contributed by atoms with van der Waals surface area (Å²) in [5.74, 6) is 1.59. The Hall–Kier alpha value is -1.16. The van der Waals surface area contributed by atoms with E-state index in [1.807, 2.05) is 37.4 Å². The van der Waals surface area contributed by atoms with Crippen molar-refractivity contribution in [3.8, 4) is 5.75 Å². The third kappa shape index (κ3) is 4.14. The van der Waals surface area contributed by atoms with Gasteiger partial charge in [0.25, 0.3) is 0 Å². The predicted octanol–water partition coefficient (Wildman–Crippen LogP) is 2.78. The average molecular weight is 239 g/mol. The van der Waals surface area contributed by atoms with E-state index in [0.717, 1.165) is 17.2 Å². The van der Waals surface area contributed by atoms with Crippen molar-refractivity contribution in [2.24, 2.45) is 0 Å². The van der Waals surface area contributed by atoms with Crippen molar-refractivity contribution >= 4 is 23.4 Å². The van der Waals surface area contributed by atoms with Gasteiger partial charge in [-0.05, 0) is 25.3 Å². The molecule has 0 heterocycles. The first kappa shape index (κ1) is 12.9. The minimum absolute atomic E-state index is 0.0292. The fraction of sp³-hybridized carbons (Fsp3) is 0.417. The predicted molar refractivity (Wildman–Crippen MR) is 69.2 cm³/mol. The zero-order chi connectivity index (χ0) is 11.8. The van der Waals surface area contributed by atoms with Gasteiger partial charge in [-0.3, -0.25) is 4.79 Å². The van der Waals surface area contributed by atoms with E-state index in [1.165, 1.54) is 0 Å². The molecule has 0 radical (unpaired) electrons. The van der Waals surface area contributed by atoms with E-state index in [-0.39, 0.29) is 5.91 Å². The number of ether oxygens (including phenoxy) is 1. The summed E-state index contributed by atoms with van der Waals surface area (Å²) in [5.41, 5.74) is 0.746. The normalized spacial score (nSPS) is 9.88. The Bertz CT molecular complexity index is 342. The fourth-order valence-corrected chi connectivity index (χ4v) is 1.65. The van der Waals surface area contributed by atoms with Crippen molar-refractivity contribution in [1.82, 2.24) is 0 Å². The summed E-state index contributed by atoms with van der Waals surface area (Å²) in [6, 6.07) is 7.48. The number of anilines is 1. The van der Waals surface area contributed by atoms with E-state index in [1.54, 1.807) is 11.8 Å². The molecule has 0 aliphatic rings. The van der Waals surface area contributed by atoms with Crippen LogP contribution in [0.4, 0.5) is 5.69 Å². The Morgan fingerprint density at radius 2 is 2.19 bits per heavy atom. The lowest BCUT2D eigenvalue weighted by atomic mass is 10.3. The van der Waals surface area contributed by atoms with Gasteiger partial charge in [-0.25, -0.2) is 0 Å². The van der Waals surface area contributed by atoms with Gasteiger partial charge >= 0.3 is 0 Å². The summed E-state index contributed by atoms with van der Waals surface area (Å²) >= 11 is 1.66. The first-order valence-electron chi connectivity index (χ1n) is 5.28. The molecule has 88 valence electrons. The number of thioether (sulfide) groups is 1. The van der Waals surface area contributed by atoms with Crippen molar-refractivity contribution in [3.05, 3.63) is 24.3 Å². The first-order valence-corrected chi connectivity index (χ1v) is 6.68. The second-order valence-electron chi connectivity index (χ2n) is 3.22. The van der Waals surface area contributed by atoms with Gasteiger partial charge in [-0.15, -0.1) is 0 Å². The van der Waals surface area contributed by atoms with Gasteiger partial charge in [0, 0.05) is 12.2 Å². The zero-order valence-electron chi connectivity index (χ0n) is 9.66. The van der Waals surface area contributed by atoms with Crippen molar-refractivity contribution in [3.63, 3.8) is 0 Å². The standard InChI is InChI=1S/C12H17NO2S/c1-3-15-11-7-5-4-6-10(11)13-12(14)8-9-16-2/h4-7H,3,8-9H2,1-2H3,(H,13,14).